The monoisotopic (exact) mass is 348 g/mol. The molecule has 0 spiro atoms. The minimum Gasteiger partial charge on any atom is -0.348 e. The lowest BCUT2D eigenvalue weighted by Crippen LogP contribution is -2.32. The molecule has 2 aromatic heterocycles. The van der Waals surface area contributed by atoms with Crippen LogP contribution in [0.1, 0.15) is 27.2 Å². The van der Waals surface area contributed by atoms with Gasteiger partial charge in [-0.05, 0) is 42.9 Å². The molecule has 2 N–H and O–H groups in total. The van der Waals surface area contributed by atoms with Gasteiger partial charge in [0.05, 0.1) is 5.52 Å². The zero-order valence-corrected chi connectivity index (χ0v) is 14.6. The van der Waals surface area contributed by atoms with Gasteiger partial charge in [-0.15, -0.1) is 0 Å². The summed E-state index contributed by atoms with van der Waals surface area (Å²) in [7, 11) is 2.06. The molecule has 0 saturated carbocycles. The molecular weight excluding hydrogens is 328 g/mol. The van der Waals surface area contributed by atoms with E-state index in [0.717, 1.165) is 41.7 Å². The maximum absolute atomic E-state index is 12.5. The molecule has 1 aliphatic rings. The molecule has 1 aliphatic heterocycles. The van der Waals surface area contributed by atoms with Gasteiger partial charge in [0.1, 0.15) is 0 Å². The number of hydrogen-bond acceptors (Lipinski definition) is 4. The molecule has 0 saturated heterocycles. The Kier molecular flexibility index (Phi) is 4.26. The van der Waals surface area contributed by atoms with E-state index < -0.39 is 0 Å². The van der Waals surface area contributed by atoms with Crippen LogP contribution in [0.5, 0.6) is 0 Å². The molecule has 3 aromatic rings. The summed E-state index contributed by atoms with van der Waals surface area (Å²) >= 11 is 0. The third-order valence-electron chi connectivity index (χ3n) is 4.78. The Morgan fingerprint density at radius 2 is 2.19 bits per heavy atom. The van der Waals surface area contributed by atoms with Crippen molar-refractivity contribution in [1.82, 2.24) is 20.2 Å². The Balaban J connectivity index is 1.52. The quantitative estimate of drug-likeness (QED) is 0.757. The first-order valence-electron chi connectivity index (χ1n) is 8.65. The topological polar surface area (TPSA) is 78.1 Å². The van der Waals surface area contributed by atoms with E-state index in [1.807, 2.05) is 30.3 Å². The molecule has 0 unspecified atom stereocenters. The zero-order chi connectivity index (χ0) is 18.1. The molecule has 1 amide bonds. The van der Waals surface area contributed by atoms with Gasteiger partial charge in [-0.25, -0.2) is 0 Å². The molecule has 0 fully saturated rings. The molecule has 3 heterocycles. The number of carbonyl (C=O) groups is 1. The Bertz CT molecular complexity index is 1040. The first kappa shape index (κ1) is 16.5. The van der Waals surface area contributed by atoms with E-state index in [0.29, 0.717) is 11.1 Å². The van der Waals surface area contributed by atoms with Crippen LogP contribution in [-0.4, -0.2) is 34.4 Å². The Morgan fingerprint density at radius 3 is 3.08 bits per heavy atom. The number of aromatic nitrogens is 2. The van der Waals surface area contributed by atoms with Crippen LogP contribution >= 0.6 is 0 Å². The van der Waals surface area contributed by atoms with Crippen molar-refractivity contribution in [2.24, 2.45) is 0 Å². The molecule has 26 heavy (non-hydrogen) atoms. The number of rotatable bonds is 3. The van der Waals surface area contributed by atoms with Gasteiger partial charge in [-0.3, -0.25) is 14.6 Å². The highest BCUT2D eigenvalue weighted by molar-refractivity contribution is 5.97. The number of aromatic amines is 1. The third-order valence-corrected chi connectivity index (χ3v) is 4.78. The molecule has 4 rings (SSSR count). The number of fused-ring (bicyclic) bond motifs is 2. The molecule has 132 valence electrons. The second kappa shape index (κ2) is 6.72. The number of nitrogens with zero attached hydrogens (tertiary/aromatic N) is 2. The summed E-state index contributed by atoms with van der Waals surface area (Å²) in [5.74, 6) is -0.204. The largest absolute Gasteiger partial charge is 0.348 e. The number of amides is 1. The normalized spacial score (nSPS) is 14.2. The summed E-state index contributed by atoms with van der Waals surface area (Å²) in [6, 6.07) is 11.1. The van der Waals surface area contributed by atoms with Crippen LogP contribution in [0.4, 0.5) is 0 Å². The van der Waals surface area contributed by atoms with Crippen LogP contribution in [0.3, 0.4) is 0 Å². The minimum atomic E-state index is -0.204. The van der Waals surface area contributed by atoms with Crippen molar-refractivity contribution < 1.29 is 4.79 Å². The number of nitrogens with one attached hydrogen (secondary N) is 2. The lowest BCUT2D eigenvalue weighted by molar-refractivity contribution is 0.0951. The van der Waals surface area contributed by atoms with E-state index in [1.165, 1.54) is 0 Å². The second-order valence-electron chi connectivity index (χ2n) is 6.71. The summed E-state index contributed by atoms with van der Waals surface area (Å²) in [6.07, 6.45) is 2.57. The molecule has 0 bridgehead atoms. The minimum absolute atomic E-state index is 0.128. The molecule has 0 atom stereocenters. The number of likely N-dealkylation sites (N-methyl/N-ethyl adjacent to an activating group) is 1. The van der Waals surface area contributed by atoms with E-state index in [4.69, 9.17) is 0 Å². The van der Waals surface area contributed by atoms with Crippen molar-refractivity contribution in [3.63, 3.8) is 0 Å². The molecule has 6 heteroatoms. The zero-order valence-electron chi connectivity index (χ0n) is 14.6. The van der Waals surface area contributed by atoms with E-state index in [9.17, 15) is 9.59 Å². The van der Waals surface area contributed by atoms with Gasteiger partial charge in [-0.2, -0.15) is 0 Å². The smallest absolute Gasteiger partial charge is 0.253 e. The maximum atomic E-state index is 12.5. The standard InChI is InChI=1S/C20H20N4O2/c1-24-8-6-18-16(12-24)10-15(20(26)23-18)11-22-19(25)14-4-5-17-13(9-14)3-2-7-21-17/h2-5,7,9-10H,6,8,11-12H2,1H3,(H,22,25)(H,23,26). The van der Waals surface area contributed by atoms with Crippen LogP contribution in [0.15, 0.2) is 47.4 Å². The SMILES string of the molecule is CN1CCc2[nH]c(=O)c(CNC(=O)c3ccc4ncccc4c3)cc2C1. The van der Waals surface area contributed by atoms with Gasteiger partial charge in [-0.1, -0.05) is 6.07 Å². The summed E-state index contributed by atoms with van der Waals surface area (Å²) in [5.41, 5.74) is 3.98. The highest BCUT2D eigenvalue weighted by Crippen LogP contribution is 2.16. The van der Waals surface area contributed by atoms with E-state index in [2.05, 4.69) is 27.2 Å². The van der Waals surface area contributed by atoms with Crippen LogP contribution < -0.4 is 10.9 Å². The van der Waals surface area contributed by atoms with Crippen molar-refractivity contribution in [2.45, 2.75) is 19.5 Å². The van der Waals surface area contributed by atoms with Gasteiger partial charge in [0.15, 0.2) is 0 Å². The number of benzene rings is 1. The predicted octanol–water partition coefficient (Wildman–Crippen LogP) is 1.84. The number of carbonyl (C=O) groups excluding carboxylic acids is 1. The highest BCUT2D eigenvalue weighted by atomic mass is 16.1. The van der Waals surface area contributed by atoms with Crippen LogP contribution in [-0.2, 0) is 19.5 Å². The fraction of sp³-hybridized carbons (Fsp3) is 0.250. The van der Waals surface area contributed by atoms with E-state index >= 15 is 0 Å². The molecule has 6 nitrogen and oxygen atoms in total. The van der Waals surface area contributed by atoms with Gasteiger partial charge >= 0.3 is 0 Å². The fourth-order valence-electron chi connectivity index (χ4n) is 3.32. The summed E-state index contributed by atoms with van der Waals surface area (Å²) in [4.78, 5) is 34.2. The number of H-pyrrole nitrogens is 1. The van der Waals surface area contributed by atoms with Crippen LogP contribution in [0.25, 0.3) is 10.9 Å². The molecule has 0 radical (unpaired) electrons. The van der Waals surface area contributed by atoms with Gasteiger partial charge in [0.2, 0.25) is 0 Å². The van der Waals surface area contributed by atoms with Gasteiger partial charge in [0.25, 0.3) is 11.5 Å². The van der Waals surface area contributed by atoms with Crippen molar-refractivity contribution >= 4 is 16.8 Å². The average Bonchev–Trinajstić information content (AvgIpc) is 2.66. The van der Waals surface area contributed by atoms with Crippen LogP contribution in [0.2, 0.25) is 0 Å². The fourth-order valence-corrected chi connectivity index (χ4v) is 3.32. The lowest BCUT2D eigenvalue weighted by Gasteiger charge is -2.24. The van der Waals surface area contributed by atoms with Crippen molar-refractivity contribution in [3.05, 3.63) is 75.3 Å². The average molecular weight is 348 g/mol. The van der Waals surface area contributed by atoms with Crippen LogP contribution in [0, 0.1) is 0 Å². The van der Waals surface area contributed by atoms with E-state index in [-0.39, 0.29) is 18.0 Å². The molecule has 1 aromatic carbocycles. The Morgan fingerprint density at radius 1 is 1.31 bits per heavy atom. The molecular formula is C20H20N4O2. The Labute approximate surface area is 150 Å². The number of pyridine rings is 2. The van der Waals surface area contributed by atoms with Crippen molar-refractivity contribution in [2.75, 3.05) is 13.6 Å². The van der Waals surface area contributed by atoms with E-state index in [1.54, 1.807) is 12.3 Å². The summed E-state index contributed by atoms with van der Waals surface area (Å²) in [5, 5.41) is 3.76. The number of hydrogen-bond donors (Lipinski definition) is 2. The summed E-state index contributed by atoms with van der Waals surface area (Å²) in [6.45, 7) is 1.96. The highest BCUT2D eigenvalue weighted by Gasteiger charge is 2.16. The van der Waals surface area contributed by atoms with Crippen molar-refractivity contribution in [1.29, 1.82) is 0 Å². The Hall–Kier alpha value is -2.99. The first-order valence-corrected chi connectivity index (χ1v) is 8.65. The third kappa shape index (κ3) is 3.23. The van der Waals surface area contributed by atoms with Crippen molar-refractivity contribution in [3.8, 4) is 0 Å². The first-order chi connectivity index (χ1) is 12.6. The maximum Gasteiger partial charge on any atom is 0.253 e. The second-order valence-corrected chi connectivity index (χ2v) is 6.71. The van der Waals surface area contributed by atoms with Gasteiger partial charge in [0, 0.05) is 54.5 Å². The predicted molar refractivity (Wildman–Crippen MR) is 100 cm³/mol. The van der Waals surface area contributed by atoms with Gasteiger partial charge < -0.3 is 15.2 Å². The summed E-state index contributed by atoms with van der Waals surface area (Å²) < 4.78 is 0. The lowest BCUT2D eigenvalue weighted by atomic mass is 10.0. The molecule has 0 aliphatic carbocycles.